The molecule has 0 fully saturated rings. The third-order valence-corrected chi connectivity index (χ3v) is 2.14. The van der Waals surface area contributed by atoms with E-state index in [0.717, 1.165) is 0 Å². The van der Waals surface area contributed by atoms with E-state index in [4.69, 9.17) is 4.74 Å². The minimum atomic E-state index is -0.532. The van der Waals surface area contributed by atoms with Crippen LogP contribution in [0.1, 0.15) is 23.7 Å². The van der Waals surface area contributed by atoms with Crippen LogP contribution in [0, 0.1) is 0 Å². The number of nitrogens with zero attached hydrogens (tertiary/aromatic N) is 1. The lowest BCUT2D eigenvalue weighted by atomic mass is 10.1. The van der Waals surface area contributed by atoms with Gasteiger partial charge in [-0.2, -0.15) is 0 Å². The molecular formula is C11H13NO3. The number of hydrogen-bond acceptors (Lipinski definition) is 4. The van der Waals surface area contributed by atoms with E-state index in [2.05, 4.69) is 4.98 Å². The summed E-state index contributed by atoms with van der Waals surface area (Å²) in [7, 11) is 1.44. The van der Waals surface area contributed by atoms with E-state index in [0.29, 0.717) is 5.56 Å². The molecule has 15 heavy (non-hydrogen) atoms. The molecule has 80 valence electrons. The van der Waals surface area contributed by atoms with Crippen molar-refractivity contribution in [3.8, 4) is 0 Å². The van der Waals surface area contributed by atoms with Gasteiger partial charge >= 0.3 is 0 Å². The fourth-order valence-electron chi connectivity index (χ4n) is 1.07. The average molecular weight is 207 g/mol. The van der Waals surface area contributed by atoms with Crippen molar-refractivity contribution in [2.45, 2.75) is 19.4 Å². The Balaban J connectivity index is 2.61. The lowest BCUT2D eigenvalue weighted by Gasteiger charge is -2.06. The van der Waals surface area contributed by atoms with Gasteiger partial charge in [-0.3, -0.25) is 14.6 Å². The van der Waals surface area contributed by atoms with Crippen LogP contribution in [0.3, 0.4) is 0 Å². The highest BCUT2D eigenvalue weighted by atomic mass is 16.5. The fraction of sp³-hybridized carbons (Fsp3) is 0.364. The molecule has 0 saturated carbocycles. The lowest BCUT2D eigenvalue weighted by molar-refractivity contribution is -0.126. The topological polar surface area (TPSA) is 56.3 Å². The van der Waals surface area contributed by atoms with E-state index in [1.54, 1.807) is 19.1 Å². The summed E-state index contributed by atoms with van der Waals surface area (Å²) >= 11 is 0. The summed E-state index contributed by atoms with van der Waals surface area (Å²) in [5.74, 6) is -0.411. The van der Waals surface area contributed by atoms with Crippen molar-refractivity contribution in [2.24, 2.45) is 0 Å². The Hall–Kier alpha value is -1.55. The molecule has 0 N–H and O–H groups in total. The monoisotopic (exact) mass is 207 g/mol. The maximum absolute atomic E-state index is 11.6. The van der Waals surface area contributed by atoms with Crippen LogP contribution in [0.5, 0.6) is 0 Å². The van der Waals surface area contributed by atoms with Gasteiger partial charge in [-0.05, 0) is 19.1 Å². The Morgan fingerprint density at radius 1 is 1.40 bits per heavy atom. The van der Waals surface area contributed by atoms with Gasteiger partial charge in [0.2, 0.25) is 0 Å². The zero-order valence-electron chi connectivity index (χ0n) is 8.77. The molecule has 0 spiro atoms. The summed E-state index contributed by atoms with van der Waals surface area (Å²) in [5.41, 5.74) is 0.502. The van der Waals surface area contributed by atoms with Crippen LogP contribution in [0.25, 0.3) is 0 Å². The summed E-state index contributed by atoms with van der Waals surface area (Å²) in [6, 6.07) is 3.18. The van der Waals surface area contributed by atoms with Crippen molar-refractivity contribution < 1.29 is 14.3 Å². The molecule has 1 atom stereocenters. The molecule has 1 rings (SSSR count). The molecule has 4 nitrogen and oxygen atoms in total. The molecule has 4 heteroatoms. The SMILES string of the molecule is COC(C)C(=O)CC(=O)c1ccncc1. The zero-order valence-corrected chi connectivity index (χ0v) is 8.77. The van der Waals surface area contributed by atoms with E-state index in [-0.39, 0.29) is 18.0 Å². The second-order valence-electron chi connectivity index (χ2n) is 3.18. The van der Waals surface area contributed by atoms with Gasteiger partial charge in [0.1, 0.15) is 6.10 Å². The van der Waals surface area contributed by atoms with Crippen molar-refractivity contribution in [2.75, 3.05) is 7.11 Å². The van der Waals surface area contributed by atoms with E-state index >= 15 is 0 Å². The smallest absolute Gasteiger partial charge is 0.170 e. The van der Waals surface area contributed by atoms with Crippen LogP contribution in [-0.2, 0) is 9.53 Å². The van der Waals surface area contributed by atoms with Gasteiger partial charge in [0.25, 0.3) is 0 Å². The van der Waals surface area contributed by atoms with E-state index in [9.17, 15) is 9.59 Å². The Kier molecular flexibility index (Phi) is 4.12. The lowest BCUT2D eigenvalue weighted by Crippen LogP contribution is -2.22. The van der Waals surface area contributed by atoms with Gasteiger partial charge in [0.15, 0.2) is 11.6 Å². The average Bonchev–Trinajstić information content (AvgIpc) is 2.29. The second-order valence-corrected chi connectivity index (χ2v) is 3.18. The van der Waals surface area contributed by atoms with Gasteiger partial charge in [0, 0.05) is 25.1 Å². The Labute approximate surface area is 88.3 Å². The molecule has 0 aliphatic rings. The Morgan fingerprint density at radius 3 is 2.53 bits per heavy atom. The van der Waals surface area contributed by atoms with Gasteiger partial charge in [-0.25, -0.2) is 0 Å². The first-order valence-corrected chi connectivity index (χ1v) is 4.64. The largest absolute Gasteiger partial charge is 0.374 e. The van der Waals surface area contributed by atoms with Crippen molar-refractivity contribution in [3.63, 3.8) is 0 Å². The highest BCUT2D eigenvalue weighted by Crippen LogP contribution is 2.04. The van der Waals surface area contributed by atoms with E-state index < -0.39 is 6.10 Å². The third-order valence-electron chi connectivity index (χ3n) is 2.14. The summed E-state index contributed by atoms with van der Waals surface area (Å²) in [6.45, 7) is 1.63. The van der Waals surface area contributed by atoms with Gasteiger partial charge in [0.05, 0.1) is 6.42 Å². The maximum atomic E-state index is 11.6. The molecule has 0 radical (unpaired) electrons. The van der Waals surface area contributed by atoms with E-state index in [1.165, 1.54) is 19.5 Å². The predicted molar refractivity (Wildman–Crippen MR) is 54.7 cm³/mol. The quantitative estimate of drug-likeness (QED) is 0.538. The van der Waals surface area contributed by atoms with Crippen molar-refractivity contribution in [1.29, 1.82) is 0 Å². The number of pyridine rings is 1. The number of hydrogen-bond donors (Lipinski definition) is 0. The first kappa shape index (κ1) is 11.5. The standard InChI is InChI=1S/C11H13NO3/c1-8(15-2)10(13)7-11(14)9-3-5-12-6-4-9/h3-6,8H,7H2,1-2H3. The molecule has 1 unspecified atom stereocenters. The molecule has 0 saturated heterocycles. The van der Waals surface area contributed by atoms with Crippen LogP contribution in [0.2, 0.25) is 0 Å². The van der Waals surface area contributed by atoms with Crippen LogP contribution >= 0.6 is 0 Å². The van der Waals surface area contributed by atoms with Crippen LogP contribution in [0.4, 0.5) is 0 Å². The Morgan fingerprint density at radius 2 is 2.00 bits per heavy atom. The van der Waals surface area contributed by atoms with E-state index in [1.807, 2.05) is 0 Å². The molecule has 0 amide bonds. The minimum absolute atomic E-state index is 0.126. The molecule has 1 aromatic heterocycles. The Bertz CT molecular complexity index is 348. The number of ketones is 2. The molecule has 1 heterocycles. The number of methoxy groups -OCH3 is 1. The predicted octanol–water partition coefficient (Wildman–Crippen LogP) is 1.26. The second kappa shape index (κ2) is 5.36. The maximum Gasteiger partial charge on any atom is 0.170 e. The normalized spacial score (nSPS) is 12.1. The summed E-state index contributed by atoms with van der Waals surface area (Å²) in [5, 5.41) is 0. The van der Waals surface area contributed by atoms with Crippen LogP contribution in [0.15, 0.2) is 24.5 Å². The minimum Gasteiger partial charge on any atom is -0.374 e. The van der Waals surface area contributed by atoms with Crippen LogP contribution < -0.4 is 0 Å². The zero-order chi connectivity index (χ0) is 11.3. The van der Waals surface area contributed by atoms with Gasteiger partial charge in [-0.15, -0.1) is 0 Å². The summed E-state index contributed by atoms with van der Waals surface area (Å²) < 4.78 is 4.83. The number of Topliss-reactive ketones (excluding diaryl/α,β-unsaturated/α-hetero) is 2. The molecule has 0 aliphatic carbocycles. The molecule has 1 aromatic rings. The molecular weight excluding hydrogens is 194 g/mol. The third kappa shape index (κ3) is 3.25. The van der Waals surface area contributed by atoms with Crippen LogP contribution in [-0.4, -0.2) is 29.8 Å². The first-order valence-electron chi connectivity index (χ1n) is 4.64. The number of aromatic nitrogens is 1. The first-order chi connectivity index (χ1) is 7.15. The van der Waals surface area contributed by atoms with Crippen molar-refractivity contribution in [1.82, 2.24) is 4.98 Å². The summed E-state index contributed by atoms with van der Waals surface area (Å²) in [4.78, 5) is 26.8. The van der Waals surface area contributed by atoms with Gasteiger partial charge < -0.3 is 4.74 Å². The number of rotatable bonds is 5. The van der Waals surface area contributed by atoms with Gasteiger partial charge in [-0.1, -0.05) is 0 Å². The van der Waals surface area contributed by atoms with Crippen molar-refractivity contribution >= 4 is 11.6 Å². The molecule has 0 bridgehead atoms. The van der Waals surface area contributed by atoms with Crippen molar-refractivity contribution in [3.05, 3.63) is 30.1 Å². The molecule has 0 aliphatic heterocycles. The number of carbonyl (C=O) groups excluding carboxylic acids is 2. The number of ether oxygens (including phenoxy) is 1. The summed E-state index contributed by atoms with van der Waals surface area (Å²) in [6.07, 6.45) is 2.39. The fourth-order valence-corrected chi connectivity index (χ4v) is 1.07. The highest BCUT2D eigenvalue weighted by molar-refractivity contribution is 6.08. The number of carbonyl (C=O) groups is 2. The molecule has 0 aromatic carbocycles. The highest BCUT2D eigenvalue weighted by Gasteiger charge is 2.16.